The molecule has 4 heteroatoms. The Bertz CT molecular complexity index is 588. The van der Waals surface area contributed by atoms with Gasteiger partial charge in [0.2, 0.25) is 5.91 Å². The number of anilines is 1. The molecule has 3 rings (SSSR count). The molecule has 1 unspecified atom stereocenters. The number of nitrogens with one attached hydrogen (secondary N) is 1. The predicted octanol–water partition coefficient (Wildman–Crippen LogP) is 2.32. The summed E-state index contributed by atoms with van der Waals surface area (Å²) in [7, 11) is 0. The molecule has 0 spiro atoms. The number of carbonyl (C=O) groups is 1. The molecule has 0 saturated carbocycles. The second-order valence-electron chi connectivity index (χ2n) is 4.64. The minimum absolute atomic E-state index is 0.0167. The van der Waals surface area contributed by atoms with Crippen molar-refractivity contribution in [2.24, 2.45) is 0 Å². The third-order valence-corrected chi connectivity index (χ3v) is 3.33. The van der Waals surface area contributed by atoms with Gasteiger partial charge >= 0.3 is 0 Å². The Hall–Kier alpha value is -2.10. The van der Waals surface area contributed by atoms with Gasteiger partial charge in [-0.25, -0.2) is 0 Å². The average molecular weight is 241 g/mol. The number of aromatic nitrogens is 2. The van der Waals surface area contributed by atoms with E-state index in [-0.39, 0.29) is 11.9 Å². The van der Waals surface area contributed by atoms with Crippen molar-refractivity contribution < 1.29 is 4.79 Å². The summed E-state index contributed by atoms with van der Waals surface area (Å²) < 4.78 is 1.76. The van der Waals surface area contributed by atoms with E-state index in [4.69, 9.17) is 0 Å². The number of rotatable bonds is 1. The molecule has 2 heterocycles. The van der Waals surface area contributed by atoms with Crippen LogP contribution in [0.1, 0.15) is 23.7 Å². The van der Waals surface area contributed by atoms with Crippen LogP contribution in [0.5, 0.6) is 0 Å². The lowest BCUT2D eigenvalue weighted by Crippen LogP contribution is -2.25. The van der Waals surface area contributed by atoms with Crippen molar-refractivity contribution in [2.75, 3.05) is 5.32 Å². The second kappa shape index (κ2) is 4.29. The first kappa shape index (κ1) is 11.0. The van der Waals surface area contributed by atoms with Gasteiger partial charge in [-0.15, -0.1) is 0 Å². The normalized spacial score (nSPS) is 18.9. The van der Waals surface area contributed by atoms with E-state index in [0.29, 0.717) is 0 Å². The van der Waals surface area contributed by atoms with Gasteiger partial charge in [0.15, 0.2) is 0 Å². The third-order valence-electron chi connectivity index (χ3n) is 3.33. The van der Waals surface area contributed by atoms with Crippen molar-refractivity contribution in [2.45, 2.75) is 25.8 Å². The van der Waals surface area contributed by atoms with Crippen molar-refractivity contribution in [3.63, 3.8) is 0 Å². The van der Waals surface area contributed by atoms with Gasteiger partial charge in [-0.05, 0) is 37.5 Å². The van der Waals surface area contributed by atoms with Crippen LogP contribution in [0.15, 0.2) is 36.5 Å². The maximum absolute atomic E-state index is 12.2. The molecular formula is C14H15N3O. The highest BCUT2D eigenvalue weighted by molar-refractivity contribution is 5.95. The number of hydrogen-bond donors (Lipinski definition) is 1. The van der Waals surface area contributed by atoms with Gasteiger partial charge in [0, 0.05) is 11.9 Å². The average Bonchev–Trinajstić information content (AvgIpc) is 2.70. The first-order valence-corrected chi connectivity index (χ1v) is 6.14. The number of fused-ring (bicyclic) bond motifs is 1. The molecule has 1 atom stereocenters. The molecule has 0 radical (unpaired) electrons. The van der Waals surface area contributed by atoms with Crippen LogP contribution in [0.3, 0.4) is 0 Å². The Balaban J connectivity index is 1.91. The van der Waals surface area contributed by atoms with Crippen molar-refractivity contribution in [1.29, 1.82) is 0 Å². The summed E-state index contributed by atoms with van der Waals surface area (Å²) in [5.41, 5.74) is 3.05. The molecule has 1 amide bonds. The Morgan fingerprint density at radius 3 is 2.94 bits per heavy atom. The van der Waals surface area contributed by atoms with E-state index in [2.05, 4.69) is 16.5 Å². The van der Waals surface area contributed by atoms with Crippen molar-refractivity contribution in [3.05, 3.63) is 47.8 Å². The topological polar surface area (TPSA) is 46.9 Å². The van der Waals surface area contributed by atoms with E-state index in [0.717, 1.165) is 24.2 Å². The standard InChI is InChI=1S/C14H15N3O/c1-10-8-9-17(16-10)13-7-6-11-4-2-3-5-12(11)15-14(13)18/h2-5,8-9,13H,6-7H2,1H3,(H,15,18). The molecule has 2 aromatic rings. The Morgan fingerprint density at radius 2 is 2.17 bits per heavy atom. The van der Waals surface area contributed by atoms with Crippen molar-refractivity contribution >= 4 is 11.6 Å². The van der Waals surface area contributed by atoms with E-state index >= 15 is 0 Å². The highest BCUT2D eigenvalue weighted by Gasteiger charge is 2.25. The number of para-hydroxylation sites is 1. The maximum atomic E-state index is 12.2. The van der Waals surface area contributed by atoms with Gasteiger partial charge in [-0.1, -0.05) is 18.2 Å². The van der Waals surface area contributed by atoms with E-state index in [1.54, 1.807) is 4.68 Å². The number of nitrogens with zero attached hydrogens (tertiary/aromatic N) is 2. The molecule has 1 aliphatic rings. The molecule has 92 valence electrons. The lowest BCUT2D eigenvalue weighted by atomic mass is 10.1. The minimum atomic E-state index is -0.217. The Morgan fingerprint density at radius 1 is 1.33 bits per heavy atom. The molecule has 4 nitrogen and oxygen atoms in total. The minimum Gasteiger partial charge on any atom is -0.324 e. The fourth-order valence-corrected chi connectivity index (χ4v) is 2.36. The van der Waals surface area contributed by atoms with Crippen LogP contribution in [0.25, 0.3) is 0 Å². The Kier molecular flexibility index (Phi) is 2.63. The first-order valence-electron chi connectivity index (χ1n) is 6.14. The number of carbonyl (C=O) groups excluding carboxylic acids is 1. The van der Waals surface area contributed by atoms with E-state index in [1.807, 2.05) is 37.4 Å². The molecule has 1 aliphatic heterocycles. The van der Waals surface area contributed by atoms with Crippen LogP contribution in [-0.4, -0.2) is 15.7 Å². The van der Waals surface area contributed by atoms with Gasteiger partial charge in [0.25, 0.3) is 0 Å². The summed E-state index contributed by atoms with van der Waals surface area (Å²) >= 11 is 0. The number of hydrogen-bond acceptors (Lipinski definition) is 2. The zero-order valence-electron chi connectivity index (χ0n) is 10.3. The van der Waals surface area contributed by atoms with E-state index < -0.39 is 0 Å². The molecule has 0 aliphatic carbocycles. The number of amides is 1. The van der Waals surface area contributed by atoms with Crippen LogP contribution >= 0.6 is 0 Å². The molecular weight excluding hydrogens is 226 g/mol. The fraction of sp³-hybridized carbons (Fsp3) is 0.286. The van der Waals surface area contributed by atoms with Crippen LogP contribution in [-0.2, 0) is 11.2 Å². The molecule has 0 fully saturated rings. The summed E-state index contributed by atoms with van der Waals surface area (Å²) in [5, 5.41) is 7.33. The lowest BCUT2D eigenvalue weighted by Gasteiger charge is -2.13. The second-order valence-corrected chi connectivity index (χ2v) is 4.64. The van der Waals surface area contributed by atoms with Crippen molar-refractivity contribution in [1.82, 2.24) is 9.78 Å². The Labute approximate surface area is 106 Å². The van der Waals surface area contributed by atoms with Crippen LogP contribution in [0, 0.1) is 6.92 Å². The molecule has 18 heavy (non-hydrogen) atoms. The highest BCUT2D eigenvalue weighted by Crippen LogP contribution is 2.26. The van der Waals surface area contributed by atoms with E-state index in [1.165, 1.54) is 5.56 Å². The number of aryl methyl sites for hydroxylation is 2. The zero-order valence-corrected chi connectivity index (χ0v) is 10.3. The van der Waals surface area contributed by atoms with Crippen LogP contribution in [0.4, 0.5) is 5.69 Å². The summed E-state index contributed by atoms with van der Waals surface area (Å²) in [5.74, 6) is 0.0167. The third kappa shape index (κ3) is 1.90. The largest absolute Gasteiger partial charge is 0.324 e. The molecule has 1 aromatic carbocycles. The summed E-state index contributed by atoms with van der Waals surface area (Å²) in [6, 6.07) is 9.66. The molecule has 0 saturated heterocycles. The highest BCUT2D eigenvalue weighted by atomic mass is 16.2. The monoisotopic (exact) mass is 241 g/mol. The van der Waals surface area contributed by atoms with Gasteiger partial charge in [0.05, 0.1) is 5.69 Å². The smallest absolute Gasteiger partial charge is 0.249 e. The van der Waals surface area contributed by atoms with Gasteiger partial charge < -0.3 is 5.32 Å². The van der Waals surface area contributed by atoms with Gasteiger partial charge in [0.1, 0.15) is 6.04 Å². The van der Waals surface area contributed by atoms with Gasteiger partial charge in [-0.2, -0.15) is 5.10 Å². The van der Waals surface area contributed by atoms with E-state index in [9.17, 15) is 4.79 Å². The molecule has 0 bridgehead atoms. The van der Waals surface area contributed by atoms with Gasteiger partial charge in [-0.3, -0.25) is 9.48 Å². The molecule has 1 aromatic heterocycles. The zero-order chi connectivity index (χ0) is 12.5. The molecule has 1 N–H and O–H groups in total. The maximum Gasteiger partial charge on any atom is 0.249 e. The number of benzene rings is 1. The van der Waals surface area contributed by atoms with Crippen molar-refractivity contribution in [3.8, 4) is 0 Å². The predicted molar refractivity (Wildman–Crippen MR) is 69.4 cm³/mol. The summed E-state index contributed by atoms with van der Waals surface area (Å²) in [4.78, 5) is 12.2. The SMILES string of the molecule is Cc1ccn(C2CCc3ccccc3NC2=O)n1. The van der Waals surface area contributed by atoms with Crippen LogP contribution in [0.2, 0.25) is 0 Å². The first-order chi connectivity index (χ1) is 8.74. The summed E-state index contributed by atoms with van der Waals surface area (Å²) in [6.45, 7) is 1.93. The summed E-state index contributed by atoms with van der Waals surface area (Å²) in [6.07, 6.45) is 3.54. The lowest BCUT2D eigenvalue weighted by molar-refractivity contribution is -0.119. The fourth-order valence-electron chi connectivity index (χ4n) is 2.36. The quantitative estimate of drug-likeness (QED) is 0.832. The van der Waals surface area contributed by atoms with Crippen LogP contribution < -0.4 is 5.32 Å².